The Bertz CT molecular complexity index is 1150. The second-order valence-electron chi connectivity index (χ2n) is 9.53. The first-order valence-corrected chi connectivity index (χ1v) is 12.1. The third-order valence-corrected chi connectivity index (χ3v) is 7.33. The second-order valence-corrected chi connectivity index (χ2v) is 9.94. The summed E-state index contributed by atoms with van der Waals surface area (Å²) < 4.78 is 54.9. The number of hydrogen-bond donors (Lipinski definition) is 1. The van der Waals surface area contributed by atoms with Crippen LogP contribution in [0.2, 0.25) is 5.02 Å². The fourth-order valence-electron chi connectivity index (χ4n) is 4.99. The van der Waals surface area contributed by atoms with Crippen molar-refractivity contribution < 1.29 is 46.6 Å². The molecule has 3 fully saturated rings. The fourth-order valence-corrected chi connectivity index (χ4v) is 5.28. The molecule has 14 heteroatoms. The zero-order valence-corrected chi connectivity index (χ0v) is 20.2. The first kappa shape index (κ1) is 25.7. The average Bonchev–Trinajstić information content (AvgIpc) is 3.55. The SMILES string of the molecule is O=C(CC[C@]1(C2CC2)NC(=O)N(C(=O)OC2COCOC2)C1=O)N1Cc2cc(Cl)c(C(F)(F)F)cc2C1. The Kier molecular flexibility index (Phi) is 6.57. The topological polar surface area (TPSA) is 114 Å². The zero-order valence-electron chi connectivity index (χ0n) is 19.4. The molecule has 3 aliphatic heterocycles. The molecule has 1 saturated carbocycles. The van der Waals surface area contributed by atoms with Crippen LogP contribution in [0.3, 0.4) is 0 Å². The van der Waals surface area contributed by atoms with Gasteiger partial charge in [0.2, 0.25) is 5.91 Å². The molecule has 0 bridgehead atoms. The third-order valence-electron chi connectivity index (χ3n) is 7.02. The number of benzene rings is 1. The number of imide groups is 3. The van der Waals surface area contributed by atoms with Gasteiger partial charge < -0.3 is 24.4 Å². The standard InChI is InChI=1S/C23H23ClF3N3O7/c24-17-6-13-8-29(7-12(13)5-16(17)23(25,26)27)18(31)3-4-22(14-1-2-14)19(32)30(20(33)28-22)21(34)37-15-9-35-11-36-10-15/h5-6,14-15H,1-4,7-11H2,(H,28,33)/t22-/m1/s1. The van der Waals surface area contributed by atoms with Crippen molar-refractivity contribution in [1.29, 1.82) is 0 Å². The number of rotatable bonds is 5. The van der Waals surface area contributed by atoms with Gasteiger partial charge in [-0.3, -0.25) is 9.59 Å². The number of amides is 5. The highest BCUT2D eigenvalue weighted by molar-refractivity contribution is 6.31. The van der Waals surface area contributed by atoms with Crippen molar-refractivity contribution in [2.75, 3.05) is 20.0 Å². The first-order chi connectivity index (χ1) is 17.5. The van der Waals surface area contributed by atoms with Gasteiger partial charge in [0.15, 0.2) is 6.10 Å². The lowest BCUT2D eigenvalue weighted by Gasteiger charge is -2.27. The van der Waals surface area contributed by atoms with Crippen LogP contribution in [0.25, 0.3) is 0 Å². The number of alkyl halides is 3. The number of fused-ring (bicyclic) bond motifs is 1. The Morgan fingerprint density at radius 1 is 1.14 bits per heavy atom. The van der Waals surface area contributed by atoms with E-state index in [1.165, 1.54) is 11.0 Å². The second kappa shape index (κ2) is 9.44. The summed E-state index contributed by atoms with van der Waals surface area (Å²) in [6.07, 6.45) is -5.52. The summed E-state index contributed by atoms with van der Waals surface area (Å²) in [5.41, 5.74) is -1.55. The molecule has 3 heterocycles. The molecule has 4 aliphatic rings. The molecule has 5 amide bonds. The number of carbonyl (C=O) groups is 4. The van der Waals surface area contributed by atoms with Crippen LogP contribution < -0.4 is 5.32 Å². The third kappa shape index (κ3) is 4.87. The van der Waals surface area contributed by atoms with Crippen molar-refractivity contribution in [1.82, 2.24) is 15.1 Å². The summed E-state index contributed by atoms with van der Waals surface area (Å²) >= 11 is 5.80. The summed E-state index contributed by atoms with van der Waals surface area (Å²) in [6, 6.07) is 1.23. The maximum atomic E-state index is 13.3. The van der Waals surface area contributed by atoms with Crippen LogP contribution in [0.15, 0.2) is 12.1 Å². The van der Waals surface area contributed by atoms with E-state index < -0.39 is 52.3 Å². The number of hydrogen-bond acceptors (Lipinski definition) is 7. The van der Waals surface area contributed by atoms with Gasteiger partial charge in [-0.05, 0) is 48.4 Å². The Morgan fingerprint density at radius 2 is 1.78 bits per heavy atom. The lowest BCUT2D eigenvalue weighted by Crippen LogP contribution is -2.50. The highest BCUT2D eigenvalue weighted by atomic mass is 35.5. The molecule has 0 unspecified atom stereocenters. The molecule has 1 aromatic carbocycles. The molecule has 1 aromatic rings. The van der Waals surface area contributed by atoms with Gasteiger partial charge in [0.1, 0.15) is 12.3 Å². The van der Waals surface area contributed by atoms with Gasteiger partial charge in [-0.25, -0.2) is 9.59 Å². The van der Waals surface area contributed by atoms with E-state index in [-0.39, 0.29) is 51.9 Å². The van der Waals surface area contributed by atoms with Gasteiger partial charge in [-0.15, -0.1) is 0 Å². The monoisotopic (exact) mass is 545 g/mol. The van der Waals surface area contributed by atoms with E-state index in [9.17, 15) is 32.3 Å². The van der Waals surface area contributed by atoms with Crippen molar-refractivity contribution in [2.24, 2.45) is 5.92 Å². The highest BCUT2D eigenvalue weighted by Gasteiger charge is 2.61. The smallest absolute Gasteiger partial charge is 0.425 e. The summed E-state index contributed by atoms with van der Waals surface area (Å²) in [5, 5.41) is 2.16. The lowest BCUT2D eigenvalue weighted by molar-refractivity contribution is -0.155. The van der Waals surface area contributed by atoms with Crippen molar-refractivity contribution in [3.05, 3.63) is 33.8 Å². The summed E-state index contributed by atoms with van der Waals surface area (Å²) in [4.78, 5) is 53.3. The number of nitrogens with one attached hydrogen (secondary N) is 1. The van der Waals surface area contributed by atoms with Crippen LogP contribution in [-0.4, -0.2) is 65.4 Å². The van der Waals surface area contributed by atoms with Gasteiger partial charge in [0.25, 0.3) is 5.91 Å². The molecule has 0 aromatic heterocycles. The molecule has 10 nitrogen and oxygen atoms in total. The molecule has 1 aliphatic carbocycles. The molecule has 0 spiro atoms. The molecular weight excluding hydrogens is 523 g/mol. The molecule has 37 heavy (non-hydrogen) atoms. The molecule has 0 radical (unpaired) electrons. The van der Waals surface area contributed by atoms with Crippen molar-refractivity contribution >= 4 is 35.5 Å². The van der Waals surface area contributed by atoms with Crippen molar-refractivity contribution in [3.8, 4) is 0 Å². The van der Waals surface area contributed by atoms with E-state index in [2.05, 4.69) is 5.32 Å². The number of halogens is 4. The first-order valence-electron chi connectivity index (χ1n) is 11.7. The van der Waals surface area contributed by atoms with Gasteiger partial charge in [0.05, 0.1) is 23.8 Å². The van der Waals surface area contributed by atoms with E-state index in [4.69, 9.17) is 25.8 Å². The Morgan fingerprint density at radius 3 is 2.41 bits per heavy atom. The van der Waals surface area contributed by atoms with Crippen LogP contribution in [0.5, 0.6) is 0 Å². The van der Waals surface area contributed by atoms with Crippen molar-refractivity contribution in [2.45, 2.75) is 56.6 Å². The van der Waals surface area contributed by atoms with Crippen LogP contribution in [-0.2, 0) is 43.1 Å². The summed E-state index contributed by atoms with van der Waals surface area (Å²) in [5.74, 6) is -1.44. The van der Waals surface area contributed by atoms with Crippen LogP contribution >= 0.6 is 11.6 Å². The minimum Gasteiger partial charge on any atom is -0.440 e. The van der Waals surface area contributed by atoms with Gasteiger partial charge in [-0.2, -0.15) is 18.1 Å². The minimum absolute atomic E-state index is 0.0326. The number of urea groups is 1. The number of carbonyl (C=O) groups excluding carboxylic acids is 4. The van der Waals surface area contributed by atoms with Crippen LogP contribution in [0, 0.1) is 5.92 Å². The van der Waals surface area contributed by atoms with Gasteiger partial charge >= 0.3 is 18.3 Å². The van der Waals surface area contributed by atoms with Gasteiger partial charge in [0, 0.05) is 19.5 Å². The molecular formula is C23H23ClF3N3O7. The largest absolute Gasteiger partial charge is 0.440 e. The van der Waals surface area contributed by atoms with E-state index >= 15 is 0 Å². The predicted molar refractivity (Wildman–Crippen MR) is 118 cm³/mol. The van der Waals surface area contributed by atoms with Crippen molar-refractivity contribution in [3.63, 3.8) is 0 Å². The van der Waals surface area contributed by atoms with Gasteiger partial charge in [-0.1, -0.05) is 11.6 Å². The molecule has 5 rings (SSSR count). The maximum Gasteiger partial charge on any atom is 0.425 e. The maximum absolute atomic E-state index is 13.3. The summed E-state index contributed by atoms with van der Waals surface area (Å²) in [6.45, 7) is 0.216. The predicted octanol–water partition coefficient (Wildman–Crippen LogP) is 3.19. The van der Waals surface area contributed by atoms with E-state index in [0.29, 0.717) is 28.9 Å². The Balaban J connectivity index is 1.25. The Hall–Kier alpha value is -2.90. The Labute approximate surface area is 213 Å². The lowest BCUT2D eigenvalue weighted by atomic mass is 9.87. The minimum atomic E-state index is -4.62. The van der Waals surface area contributed by atoms with Crippen LogP contribution in [0.4, 0.5) is 22.8 Å². The van der Waals surface area contributed by atoms with E-state index in [1.807, 2.05) is 0 Å². The average molecular weight is 546 g/mol. The quantitative estimate of drug-likeness (QED) is 0.565. The zero-order chi connectivity index (χ0) is 26.5. The molecule has 200 valence electrons. The number of nitrogens with zero attached hydrogens (tertiary/aromatic N) is 2. The van der Waals surface area contributed by atoms with E-state index in [1.54, 1.807) is 0 Å². The fraction of sp³-hybridized carbons (Fsp3) is 0.565. The molecule has 1 atom stereocenters. The van der Waals surface area contributed by atoms with Crippen LogP contribution in [0.1, 0.15) is 42.4 Å². The molecule has 1 N–H and O–H groups in total. The molecule has 2 saturated heterocycles. The normalized spacial score (nSPS) is 24.3. The summed E-state index contributed by atoms with van der Waals surface area (Å²) in [7, 11) is 0. The highest BCUT2D eigenvalue weighted by Crippen LogP contribution is 2.46. The van der Waals surface area contributed by atoms with E-state index in [0.717, 1.165) is 6.07 Å². The number of ether oxygens (including phenoxy) is 3.